The molecule has 0 saturated carbocycles. The Labute approximate surface area is 121 Å². The molecule has 4 nitrogen and oxygen atoms in total. The van der Waals surface area contributed by atoms with Gasteiger partial charge in [-0.15, -0.1) is 0 Å². The van der Waals surface area contributed by atoms with Gasteiger partial charge in [-0.25, -0.2) is 0 Å². The smallest absolute Gasteiger partial charge is 0.161 e. The summed E-state index contributed by atoms with van der Waals surface area (Å²) in [6, 6.07) is 5.81. The van der Waals surface area contributed by atoms with Crippen LogP contribution < -0.4 is 9.47 Å². The fourth-order valence-corrected chi connectivity index (χ4v) is 2.02. The van der Waals surface area contributed by atoms with Crippen molar-refractivity contribution >= 4 is 0 Å². The van der Waals surface area contributed by atoms with E-state index in [4.69, 9.17) is 9.47 Å². The molecule has 3 atom stereocenters. The van der Waals surface area contributed by atoms with E-state index in [1.54, 1.807) is 14.0 Å². The molecule has 1 aromatic rings. The van der Waals surface area contributed by atoms with Gasteiger partial charge >= 0.3 is 0 Å². The van der Waals surface area contributed by atoms with Crippen molar-refractivity contribution in [3.05, 3.63) is 23.8 Å². The Morgan fingerprint density at radius 1 is 1.15 bits per heavy atom. The lowest BCUT2D eigenvalue weighted by Gasteiger charge is -2.20. The van der Waals surface area contributed by atoms with Crippen LogP contribution in [0.1, 0.15) is 45.1 Å². The monoisotopic (exact) mass is 282 g/mol. The Hall–Kier alpha value is -1.26. The number of methoxy groups -OCH3 is 1. The highest BCUT2D eigenvalue weighted by molar-refractivity contribution is 5.43. The number of hydrogen-bond acceptors (Lipinski definition) is 4. The molecule has 2 N–H and O–H groups in total. The largest absolute Gasteiger partial charge is 0.493 e. The lowest BCUT2D eigenvalue weighted by molar-refractivity contribution is 0.0227. The number of hydrogen-bond donors (Lipinski definition) is 2. The van der Waals surface area contributed by atoms with Crippen LogP contribution in [-0.2, 0) is 0 Å². The Bertz CT molecular complexity index is 403. The van der Waals surface area contributed by atoms with Crippen molar-refractivity contribution in [3.8, 4) is 11.5 Å². The summed E-state index contributed by atoms with van der Waals surface area (Å²) >= 11 is 0. The molecule has 1 rings (SSSR count). The summed E-state index contributed by atoms with van der Waals surface area (Å²) in [5.74, 6) is 1.57. The van der Waals surface area contributed by atoms with Gasteiger partial charge in [-0.2, -0.15) is 0 Å². The molecule has 0 fully saturated rings. The Morgan fingerprint density at radius 3 is 2.40 bits per heavy atom. The molecule has 4 heteroatoms. The molecule has 0 aliphatic heterocycles. The maximum atomic E-state index is 9.75. The summed E-state index contributed by atoms with van der Waals surface area (Å²) in [6.45, 7) is 6.33. The summed E-state index contributed by atoms with van der Waals surface area (Å²) < 4.78 is 11.0. The van der Waals surface area contributed by atoms with Gasteiger partial charge in [-0.1, -0.05) is 19.9 Å². The van der Waals surface area contributed by atoms with Gasteiger partial charge in [0.05, 0.1) is 25.9 Å². The Kier molecular flexibility index (Phi) is 6.82. The second kappa shape index (κ2) is 8.12. The average Bonchev–Trinajstić information content (AvgIpc) is 2.44. The minimum Gasteiger partial charge on any atom is -0.493 e. The lowest BCUT2D eigenvalue weighted by Crippen LogP contribution is -2.24. The van der Waals surface area contributed by atoms with E-state index >= 15 is 0 Å². The third-order valence-electron chi connectivity index (χ3n) is 3.37. The minimum absolute atomic E-state index is 0.133. The maximum Gasteiger partial charge on any atom is 0.161 e. The first-order valence-electron chi connectivity index (χ1n) is 7.16. The molecule has 114 valence electrons. The van der Waals surface area contributed by atoms with E-state index < -0.39 is 12.2 Å². The lowest BCUT2D eigenvalue weighted by atomic mass is 9.93. The predicted molar refractivity (Wildman–Crippen MR) is 79.5 cm³/mol. The van der Waals surface area contributed by atoms with Crippen LogP contribution in [0, 0.1) is 0 Å². The van der Waals surface area contributed by atoms with E-state index in [1.165, 1.54) is 0 Å². The van der Waals surface area contributed by atoms with Crippen LogP contribution in [0.2, 0.25) is 0 Å². The van der Waals surface area contributed by atoms with Crippen molar-refractivity contribution in [1.29, 1.82) is 0 Å². The van der Waals surface area contributed by atoms with E-state index in [2.05, 4.69) is 6.92 Å². The average molecular weight is 282 g/mol. The van der Waals surface area contributed by atoms with Gasteiger partial charge in [-0.05, 0) is 43.4 Å². The number of aliphatic hydroxyl groups excluding tert-OH is 2. The van der Waals surface area contributed by atoms with Gasteiger partial charge in [-0.3, -0.25) is 0 Å². The molecule has 0 aliphatic rings. The van der Waals surface area contributed by atoms with Crippen LogP contribution in [0.5, 0.6) is 11.5 Å². The third-order valence-corrected chi connectivity index (χ3v) is 3.37. The molecule has 0 amide bonds. The molecule has 20 heavy (non-hydrogen) atoms. The zero-order valence-electron chi connectivity index (χ0n) is 12.8. The van der Waals surface area contributed by atoms with Gasteiger partial charge in [0.25, 0.3) is 0 Å². The van der Waals surface area contributed by atoms with Gasteiger partial charge in [0, 0.05) is 0 Å². The van der Waals surface area contributed by atoms with Crippen molar-refractivity contribution in [2.45, 2.75) is 51.7 Å². The Morgan fingerprint density at radius 2 is 1.85 bits per heavy atom. The van der Waals surface area contributed by atoms with Gasteiger partial charge < -0.3 is 19.7 Å². The van der Waals surface area contributed by atoms with Crippen LogP contribution in [0.15, 0.2) is 18.2 Å². The molecule has 0 heterocycles. The summed E-state index contributed by atoms with van der Waals surface area (Å²) in [6.07, 6.45) is 0.0243. The number of rotatable bonds is 8. The standard InChI is InChI=1S/C16H26O4/c1-5-8-20-15-7-6-13(10-16(15)19-4)11(2)9-14(18)12(3)17/h6-7,10-12,14,17-18H,5,8-9H2,1-4H3. The summed E-state index contributed by atoms with van der Waals surface area (Å²) in [5, 5.41) is 19.1. The molecule has 0 aliphatic carbocycles. The predicted octanol–water partition coefficient (Wildman–Crippen LogP) is 2.72. The van der Waals surface area contributed by atoms with E-state index in [9.17, 15) is 10.2 Å². The van der Waals surface area contributed by atoms with Crippen molar-refractivity contribution in [2.24, 2.45) is 0 Å². The quantitative estimate of drug-likeness (QED) is 0.769. The second-order valence-corrected chi connectivity index (χ2v) is 5.20. The topological polar surface area (TPSA) is 58.9 Å². The van der Waals surface area contributed by atoms with E-state index in [1.807, 2.05) is 25.1 Å². The van der Waals surface area contributed by atoms with Gasteiger partial charge in [0.15, 0.2) is 11.5 Å². The highest BCUT2D eigenvalue weighted by atomic mass is 16.5. The van der Waals surface area contributed by atoms with Gasteiger partial charge in [0.1, 0.15) is 0 Å². The number of ether oxygens (including phenoxy) is 2. The van der Waals surface area contributed by atoms with Crippen LogP contribution >= 0.6 is 0 Å². The van der Waals surface area contributed by atoms with E-state index in [0.29, 0.717) is 18.8 Å². The maximum absolute atomic E-state index is 9.75. The molecule has 0 spiro atoms. The molecule has 0 aromatic heterocycles. The van der Waals surface area contributed by atoms with Crippen molar-refractivity contribution in [1.82, 2.24) is 0 Å². The van der Waals surface area contributed by atoms with Crippen LogP contribution in [0.25, 0.3) is 0 Å². The molecule has 0 saturated heterocycles. The number of aliphatic hydroxyl groups is 2. The summed E-state index contributed by atoms with van der Waals surface area (Å²) in [5.41, 5.74) is 1.06. The van der Waals surface area contributed by atoms with Crippen molar-refractivity contribution < 1.29 is 19.7 Å². The SMILES string of the molecule is CCCOc1ccc(C(C)CC(O)C(C)O)cc1OC. The molecule has 0 radical (unpaired) electrons. The minimum atomic E-state index is -0.716. The van der Waals surface area contributed by atoms with E-state index in [0.717, 1.165) is 17.7 Å². The molecule has 0 bridgehead atoms. The van der Waals surface area contributed by atoms with Crippen LogP contribution in [0.3, 0.4) is 0 Å². The second-order valence-electron chi connectivity index (χ2n) is 5.20. The third kappa shape index (κ3) is 4.69. The van der Waals surface area contributed by atoms with Crippen LogP contribution in [-0.4, -0.2) is 36.1 Å². The van der Waals surface area contributed by atoms with Crippen molar-refractivity contribution in [3.63, 3.8) is 0 Å². The highest BCUT2D eigenvalue weighted by Gasteiger charge is 2.17. The zero-order valence-corrected chi connectivity index (χ0v) is 12.8. The highest BCUT2D eigenvalue weighted by Crippen LogP contribution is 2.32. The summed E-state index contributed by atoms with van der Waals surface area (Å²) in [4.78, 5) is 0. The molecule has 3 unspecified atom stereocenters. The normalized spacial score (nSPS) is 15.5. The van der Waals surface area contributed by atoms with Crippen LogP contribution in [0.4, 0.5) is 0 Å². The molecular formula is C16H26O4. The molecular weight excluding hydrogens is 256 g/mol. The fourth-order valence-electron chi connectivity index (χ4n) is 2.02. The first-order valence-corrected chi connectivity index (χ1v) is 7.16. The first kappa shape index (κ1) is 16.8. The Balaban J connectivity index is 2.80. The van der Waals surface area contributed by atoms with Crippen molar-refractivity contribution in [2.75, 3.05) is 13.7 Å². The number of benzene rings is 1. The van der Waals surface area contributed by atoms with Gasteiger partial charge in [0.2, 0.25) is 0 Å². The first-order chi connectivity index (χ1) is 9.49. The molecule has 1 aromatic carbocycles. The summed E-state index contributed by atoms with van der Waals surface area (Å²) in [7, 11) is 1.62. The zero-order chi connectivity index (χ0) is 15.1. The van der Waals surface area contributed by atoms with E-state index in [-0.39, 0.29) is 5.92 Å². The fraction of sp³-hybridized carbons (Fsp3) is 0.625.